The zero-order valence-corrected chi connectivity index (χ0v) is 11.7. The third kappa shape index (κ3) is 4.06. The van der Waals surface area contributed by atoms with E-state index in [1.807, 2.05) is 24.3 Å². The molecule has 5 heteroatoms. The summed E-state index contributed by atoms with van der Waals surface area (Å²) in [7, 11) is 0. The second-order valence-electron chi connectivity index (χ2n) is 5.22. The van der Waals surface area contributed by atoms with Gasteiger partial charge in [0, 0.05) is 12.6 Å². The summed E-state index contributed by atoms with van der Waals surface area (Å²) >= 11 is 0. The van der Waals surface area contributed by atoms with Gasteiger partial charge in [0.15, 0.2) is 0 Å². The third-order valence-corrected chi connectivity index (χ3v) is 3.38. The molecule has 0 spiro atoms. The Bertz CT molecular complexity index is 498. The first-order valence-corrected chi connectivity index (χ1v) is 6.96. The van der Waals surface area contributed by atoms with Gasteiger partial charge in [-0.15, -0.1) is 0 Å². The van der Waals surface area contributed by atoms with Gasteiger partial charge >= 0.3 is 0 Å². The Balaban J connectivity index is 1.86. The van der Waals surface area contributed by atoms with E-state index in [4.69, 9.17) is 5.73 Å². The van der Waals surface area contributed by atoms with Crippen molar-refractivity contribution in [3.8, 4) is 0 Å². The Hall–Kier alpha value is -1.88. The number of nitrogens with two attached hydrogens (primary N) is 1. The Morgan fingerprint density at radius 1 is 1.30 bits per heavy atom. The molecule has 1 aliphatic rings. The molecule has 108 valence electrons. The highest BCUT2D eigenvalue weighted by Crippen LogP contribution is 2.18. The Morgan fingerprint density at radius 3 is 2.55 bits per heavy atom. The quantitative estimate of drug-likeness (QED) is 0.705. The van der Waals surface area contributed by atoms with Crippen LogP contribution in [-0.2, 0) is 22.6 Å². The molecule has 20 heavy (non-hydrogen) atoms. The van der Waals surface area contributed by atoms with Gasteiger partial charge in [0.2, 0.25) is 11.8 Å². The van der Waals surface area contributed by atoms with Crippen LogP contribution in [0.2, 0.25) is 0 Å². The van der Waals surface area contributed by atoms with E-state index >= 15 is 0 Å². The van der Waals surface area contributed by atoms with Crippen LogP contribution >= 0.6 is 0 Å². The van der Waals surface area contributed by atoms with Crippen LogP contribution in [0.3, 0.4) is 0 Å². The Morgan fingerprint density at radius 2 is 1.95 bits per heavy atom. The van der Waals surface area contributed by atoms with Gasteiger partial charge < -0.3 is 16.4 Å². The SMILES string of the molecule is CC(NC(=O)Cc1ccccc1CN)C(=O)NC1CC1. The van der Waals surface area contributed by atoms with Crippen molar-refractivity contribution in [2.24, 2.45) is 5.73 Å². The first-order valence-electron chi connectivity index (χ1n) is 6.96. The number of rotatable bonds is 6. The highest BCUT2D eigenvalue weighted by molar-refractivity contribution is 5.88. The van der Waals surface area contributed by atoms with Gasteiger partial charge in [0.25, 0.3) is 0 Å². The second kappa shape index (κ2) is 6.52. The van der Waals surface area contributed by atoms with Gasteiger partial charge in [-0.3, -0.25) is 9.59 Å². The molecule has 1 saturated carbocycles. The van der Waals surface area contributed by atoms with E-state index in [-0.39, 0.29) is 18.2 Å². The zero-order chi connectivity index (χ0) is 14.5. The third-order valence-electron chi connectivity index (χ3n) is 3.38. The van der Waals surface area contributed by atoms with Crippen molar-refractivity contribution in [3.05, 3.63) is 35.4 Å². The number of nitrogens with one attached hydrogen (secondary N) is 2. The number of carbonyl (C=O) groups is 2. The van der Waals surface area contributed by atoms with E-state index in [0.717, 1.165) is 24.0 Å². The van der Waals surface area contributed by atoms with Crippen molar-refractivity contribution >= 4 is 11.8 Å². The van der Waals surface area contributed by atoms with Gasteiger partial charge in [0.05, 0.1) is 6.42 Å². The average Bonchev–Trinajstić information content (AvgIpc) is 3.23. The lowest BCUT2D eigenvalue weighted by molar-refractivity contribution is -0.128. The number of carbonyl (C=O) groups excluding carboxylic acids is 2. The molecule has 1 unspecified atom stereocenters. The average molecular weight is 275 g/mol. The van der Waals surface area contributed by atoms with Crippen molar-refractivity contribution in [1.29, 1.82) is 0 Å². The standard InChI is InChI=1S/C15H21N3O2/c1-10(15(20)18-13-6-7-13)17-14(19)8-11-4-2-3-5-12(11)9-16/h2-5,10,13H,6-9,16H2,1H3,(H,17,19)(H,18,20). The van der Waals surface area contributed by atoms with E-state index in [1.54, 1.807) is 6.92 Å². The summed E-state index contributed by atoms with van der Waals surface area (Å²) in [4.78, 5) is 23.7. The Kier molecular flexibility index (Phi) is 4.74. The lowest BCUT2D eigenvalue weighted by Crippen LogP contribution is -2.46. The van der Waals surface area contributed by atoms with Crippen molar-refractivity contribution in [3.63, 3.8) is 0 Å². The molecule has 0 saturated heterocycles. The fourth-order valence-electron chi connectivity index (χ4n) is 2.01. The van der Waals surface area contributed by atoms with Gasteiger partial charge in [0.1, 0.15) is 6.04 Å². The summed E-state index contributed by atoms with van der Waals surface area (Å²) in [6, 6.07) is 7.37. The molecule has 0 aliphatic heterocycles. The van der Waals surface area contributed by atoms with Crippen LogP contribution in [0.5, 0.6) is 0 Å². The number of benzene rings is 1. The molecule has 1 aromatic rings. The molecule has 0 aromatic heterocycles. The minimum Gasteiger partial charge on any atom is -0.352 e. The summed E-state index contributed by atoms with van der Waals surface area (Å²) in [6.07, 6.45) is 2.32. The normalized spacial score (nSPS) is 15.5. The summed E-state index contributed by atoms with van der Waals surface area (Å²) in [6.45, 7) is 2.10. The van der Waals surface area contributed by atoms with E-state index in [0.29, 0.717) is 12.6 Å². The maximum atomic E-state index is 12.0. The molecule has 5 nitrogen and oxygen atoms in total. The molecule has 1 aromatic carbocycles. The van der Waals surface area contributed by atoms with Crippen molar-refractivity contribution < 1.29 is 9.59 Å². The van der Waals surface area contributed by atoms with Gasteiger partial charge in [-0.2, -0.15) is 0 Å². The van der Waals surface area contributed by atoms with E-state index in [9.17, 15) is 9.59 Å². The lowest BCUT2D eigenvalue weighted by Gasteiger charge is -2.14. The molecule has 1 aliphatic carbocycles. The zero-order valence-electron chi connectivity index (χ0n) is 11.7. The first-order chi connectivity index (χ1) is 9.60. The maximum absolute atomic E-state index is 12.0. The van der Waals surface area contributed by atoms with Gasteiger partial charge in [-0.1, -0.05) is 24.3 Å². The van der Waals surface area contributed by atoms with Crippen LogP contribution in [-0.4, -0.2) is 23.9 Å². The fourth-order valence-corrected chi connectivity index (χ4v) is 2.01. The molecule has 2 amide bonds. The summed E-state index contributed by atoms with van der Waals surface area (Å²) in [5.74, 6) is -0.280. The predicted molar refractivity (Wildman–Crippen MR) is 76.8 cm³/mol. The molecule has 0 bridgehead atoms. The molecule has 4 N–H and O–H groups in total. The fraction of sp³-hybridized carbons (Fsp3) is 0.467. The van der Waals surface area contributed by atoms with E-state index in [1.165, 1.54) is 0 Å². The molecule has 1 atom stereocenters. The minimum absolute atomic E-state index is 0.118. The first kappa shape index (κ1) is 14.5. The number of hydrogen-bond donors (Lipinski definition) is 3. The van der Waals surface area contributed by atoms with Crippen LogP contribution in [0.1, 0.15) is 30.9 Å². The van der Waals surface area contributed by atoms with Crippen LogP contribution in [0, 0.1) is 0 Å². The highest BCUT2D eigenvalue weighted by atomic mass is 16.2. The maximum Gasteiger partial charge on any atom is 0.242 e. The summed E-state index contributed by atoms with van der Waals surface area (Å²) < 4.78 is 0. The molecule has 2 rings (SSSR count). The summed E-state index contributed by atoms with van der Waals surface area (Å²) in [5, 5.41) is 5.59. The van der Waals surface area contributed by atoms with Gasteiger partial charge in [-0.05, 0) is 30.9 Å². The monoisotopic (exact) mass is 275 g/mol. The molecule has 0 heterocycles. The number of hydrogen-bond acceptors (Lipinski definition) is 3. The van der Waals surface area contributed by atoms with E-state index < -0.39 is 6.04 Å². The summed E-state index contributed by atoms with van der Waals surface area (Å²) in [5.41, 5.74) is 7.50. The van der Waals surface area contributed by atoms with Crippen LogP contribution in [0.15, 0.2) is 24.3 Å². The lowest BCUT2D eigenvalue weighted by atomic mass is 10.0. The highest BCUT2D eigenvalue weighted by Gasteiger charge is 2.26. The van der Waals surface area contributed by atoms with Crippen LogP contribution < -0.4 is 16.4 Å². The van der Waals surface area contributed by atoms with Crippen molar-refractivity contribution in [2.75, 3.05) is 0 Å². The largest absolute Gasteiger partial charge is 0.352 e. The van der Waals surface area contributed by atoms with Crippen molar-refractivity contribution in [2.45, 2.75) is 44.8 Å². The van der Waals surface area contributed by atoms with Crippen LogP contribution in [0.4, 0.5) is 0 Å². The topological polar surface area (TPSA) is 84.2 Å². The predicted octanol–water partition coefficient (Wildman–Crippen LogP) is 0.471. The molecule has 1 fully saturated rings. The Labute approximate surface area is 118 Å². The second-order valence-corrected chi connectivity index (χ2v) is 5.22. The van der Waals surface area contributed by atoms with Crippen molar-refractivity contribution in [1.82, 2.24) is 10.6 Å². The van der Waals surface area contributed by atoms with Crippen LogP contribution in [0.25, 0.3) is 0 Å². The molecule has 0 radical (unpaired) electrons. The number of amides is 2. The van der Waals surface area contributed by atoms with E-state index in [2.05, 4.69) is 10.6 Å². The van der Waals surface area contributed by atoms with Gasteiger partial charge in [-0.25, -0.2) is 0 Å². The minimum atomic E-state index is -0.506. The molecular weight excluding hydrogens is 254 g/mol. The molecular formula is C15H21N3O2. The smallest absolute Gasteiger partial charge is 0.242 e.